The third-order valence-electron chi connectivity index (χ3n) is 2.83. The van der Waals surface area contributed by atoms with E-state index in [1.807, 2.05) is 24.3 Å². The predicted octanol–water partition coefficient (Wildman–Crippen LogP) is 4.30. The molecule has 0 spiro atoms. The Morgan fingerprint density at radius 3 is 2.50 bits per heavy atom. The van der Waals surface area contributed by atoms with Crippen molar-refractivity contribution in [1.29, 1.82) is 0 Å². The lowest BCUT2D eigenvalue weighted by atomic mass is 10.1. The lowest BCUT2D eigenvalue weighted by Crippen LogP contribution is -2.14. The minimum atomic E-state index is -0.414. The van der Waals surface area contributed by atoms with Crippen molar-refractivity contribution < 1.29 is 4.92 Å². The van der Waals surface area contributed by atoms with Gasteiger partial charge in [-0.1, -0.05) is 45.7 Å². The highest BCUT2D eigenvalue weighted by molar-refractivity contribution is 9.10. The van der Waals surface area contributed by atoms with Gasteiger partial charge in [-0.05, 0) is 23.8 Å². The Morgan fingerprint density at radius 2 is 1.85 bits per heavy atom. The van der Waals surface area contributed by atoms with E-state index in [0.717, 1.165) is 10.0 Å². The summed E-state index contributed by atoms with van der Waals surface area (Å²) >= 11 is 9.40. The van der Waals surface area contributed by atoms with Crippen molar-refractivity contribution in [3.05, 3.63) is 73.2 Å². The van der Waals surface area contributed by atoms with E-state index in [4.69, 9.17) is 11.6 Å². The molecule has 0 aliphatic heterocycles. The van der Waals surface area contributed by atoms with Crippen molar-refractivity contribution >= 4 is 33.2 Å². The van der Waals surface area contributed by atoms with Crippen LogP contribution in [0.4, 0.5) is 5.69 Å². The second-order valence-corrected chi connectivity index (χ2v) is 5.55. The summed E-state index contributed by atoms with van der Waals surface area (Å²) in [6.07, 6.45) is 0. The molecule has 0 amide bonds. The SMILES string of the molecule is O=[N+]([O-])c1cccc(Cl)c1CNCc1ccc(Br)cc1. The summed E-state index contributed by atoms with van der Waals surface area (Å²) in [6, 6.07) is 12.6. The monoisotopic (exact) mass is 354 g/mol. The molecule has 0 saturated heterocycles. The van der Waals surface area contributed by atoms with Crippen LogP contribution in [0.25, 0.3) is 0 Å². The zero-order chi connectivity index (χ0) is 14.5. The fourth-order valence-electron chi connectivity index (χ4n) is 1.83. The molecule has 0 radical (unpaired) electrons. The molecular weight excluding hydrogens is 344 g/mol. The van der Waals surface area contributed by atoms with Gasteiger partial charge in [-0.25, -0.2) is 0 Å². The minimum Gasteiger partial charge on any atom is -0.308 e. The number of hydrogen-bond acceptors (Lipinski definition) is 3. The highest BCUT2D eigenvalue weighted by Gasteiger charge is 2.15. The molecule has 104 valence electrons. The van der Waals surface area contributed by atoms with Crippen LogP contribution in [0.1, 0.15) is 11.1 Å². The first-order valence-electron chi connectivity index (χ1n) is 5.95. The van der Waals surface area contributed by atoms with Crippen molar-refractivity contribution in [2.24, 2.45) is 0 Å². The quantitative estimate of drug-likeness (QED) is 0.642. The van der Waals surface area contributed by atoms with E-state index < -0.39 is 4.92 Å². The smallest absolute Gasteiger partial charge is 0.275 e. The Morgan fingerprint density at radius 1 is 1.15 bits per heavy atom. The first kappa shape index (κ1) is 15.0. The molecule has 0 aromatic heterocycles. The van der Waals surface area contributed by atoms with Crippen molar-refractivity contribution in [3.8, 4) is 0 Å². The molecule has 2 rings (SSSR count). The summed E-state index contributed by atoms with van der Waals surface area (Å²) in [5.41, 5.74) is 1.65. The summed E-state index contributed by atoms with van der Waals surface area (Å²) in [5, 5.41) is 14.5. The van der Waals surface area contributed by atoms with Crippen LogP contribution in [-0.4, -0.2) is 4.92 Å². The second kappa shape index (κ2) is 6.83. The zero-order valence-corrected chi connectivity index (χ0v) is 12.8. The fourth-order valence-corrected chi connectivity index (χ4v) is 2.33. The van der Waals surface area contributed by atoms with Gasteiger partial charge < -0.3 is 5.32 Å². The number of benzene rings is 2. The topological polar surface area (TPSA) is 55.2 Å². The van der Waals surface area contributed by atoms with Gasteiger partial charge in [0.1, 0.15) is 0 Å². The Bertz CT molecular complexity index is 617. The lowest BCUT2D eigenvalue weighted by molar-refractivity contribution is -0.385. The Balaban J connectivity index is 2.04. The lowest BCUT2D eigenvalue weighted by Gasteiger charge is -2.07. The van der Waals surface area contributed by atoms with Crippen LogP contribution in [-0.2, 0) is 13.1 Å². The van der Waals surface area contributed by atoms with E-state index in [-0.39, 0.29) is 5.69 Å². The molecule has 20 heavy (non-hydrogen) atoms. The molecule has 0 aliphatic rings. The zero-order valence-electron chi connectivity index (χ0n) is 10.5. The maximum absolute atomic E-state index is 11.0. The highest BCUT2D eigenvalue weighted by Crippen LogP contribution is 2.26. The van der Waals surface area contributed by atoms with Gasteiger partial charge in [0.15, 0.2) is 0 Å². The first-order chi connectivity index (χ1) is 9.58. The van der Waals surface area contributed by atoms with E-state index >= 15 is 0 Å². The molecule has 2 aromatic rings. The molecular formula is C14H12BrClN2O2. The average Bonchev–Trinajstić information content (AvgIpc) is 2.42. The minimum absolute atomic E-state index is 0.0424. The number of nitro groups is 1. The molecule has 6 heteroatoms. The van der Waals surface area contributed by atoms with Gasteiger partial charge in [0.2, 0.25) is 0 Å². The third kappa shape index (κ3) is 3.79. The number of halogens is 2. The number of hydrogen-bond donors (Lipinski definition) is 1. The second-order valence-electron chi connectivity index (χ2n) is 4.22. The van der Waals surface area contributed by atoms with Crippen LogP contribution in [0.15, 0.2) is 46.9 Å². The van der Waals surface area contributed by atoms with Crippen LogP contribution < -0.4 is 5.32 Å². The molecule has 0 saturated carbocycles. The first-order valence-corrected chi connectivity index (χ1v) is 7.12. The highest BCUT2D eigenvalue weighted by atomic mass is 79.9. The van der Waals surface area contributed by atoms with Gasteiger partial charge in [-0.2, -0.15) is 0 Å². The van der Waals surface area contributed by atoms with Gasteiger partial charge in [-0.15, -0.1) is 0 Å². The van der Waals surface area contributed by atoms with Gasteiger partial charge >= 0.3 is 0 Å². The van der Waals surface area contributed by atoms with Gasteiger partial charge in [0.25, 0.3) is 5.69 Å². The maximum atomic E-state index is 11.0. The van der Waals surface area contributed by atoms with Crippen molar-refractivity contribution in [2.75, 3.05) is 0 Å². The number of nitrogens with one attached hydrogen (secondary N) is 1. The van der Waals surface area contributed by atoms with Crippen LogP contribution in [0.3, 0.4) is 0 Å². The van der Waals surface area contributed by atoms with Crippen LogP contribution in [0, 0.1) is 10.1 Å². The average molecular weight is 356 g/mol. The maximum Gasteiger partial charge on any atom is 0.275 e. The van der Waals surface area contributed by atoms with E-state index in [2.05, 4.69) is 21.2 Å². The molecule has 0 fully saturated rings. The molecule has 4 nitrogen and oxygen atoms in total. The summed E-state index contributed by atoms with van der Waals surface area (Å²) in [7, 11) is 0. The van der Waals surface area contributed by atoms with Gasteiger partial charge in [0, 0.05) is 23.6 Å². The third-order valence-corrected chi connectivity index (χ3v) is 3.72. The van der Waals surface area contributed by atoms with Crippen molar-refractivity contribution in [2.45, 2.75) is 13.1 Å². The standard InChI is InChI=1S/C14H12BrClN2O2/c15-11-6-4-10(5-7-11)8-17-9-12-13(16)2-1-3-14(12)18(19)20/h1-7,17H,8-9H2. The van der Waals surface area contributed by atoms with E-state index in [1.54, 1.807) is 12.1 Å². The molecule has 0 aliphatic carbocycles. The van der Waals surface area contributed by atoms with Crippen LogP contribution >= 0.6 is 27.5 Å². The molecule has 1 N–H and O–H groups in total. The number of nitrogens with zero attached hydrogens (tertiary/aromatic N) is 1. The Hall–Kier alpha value is -1.43. The number of nitro benzene ring substituents is 1. The Labute approximate surface area is 130 Å². The molecule has 0 unspecified atom stereocenters. The summed E-state index contributed by atoms with van der Waals surface area (Å²) < 4.78 is 1.02. The van der Waals surface area contributed by atoms with E-state index in [0.29, 0.717) is 23.7 Å². The predicted molar refractivity (Wildman–Crippen MR) is 82.8 cm³/mol. The summed E-state index contributed by atoms with van der Waals surface area (Å²) in [5.74, 6) is 0. The van der Waals surface area contributed by atoms with E-state index in [1.165, 1.54) is 6.07 Å². The Kier molecular flexibility index (Phi) is 5.11. The normalized spacial score (nSPS) is 10.5. The van der Waals surface area contributed by atoms with Crippen LogP contribution in [0.2, 0.25) is 5.02 Å². The molecule has 0 atom stereocenters. The summed E-state index contributed by atoms with van der Waals surface area (Å²) in [4.78, 5) is 10.5. The summed E-state index contributed by atoms with van der Waals surface area (Å²) in [6.45, 7) is 0.974. The molecule has 2 aromatic carbocycles. The molecule has 0 bridgehead atoms. The van der Waals surface area contributed by atoms with E-state index in [9.17, 15) is 10.1 Å². The van der Waals surface area contributed by atoms with Gasteiger partial charge in [-0.3, -0.25) is 10.1 Å². The van der Waals surface area contributed by atoms with Crippen molar-refractivity contribution in [3.63, 3.8) is 0 Å². The largest absolute Gasteiger partial charge is 0.308 e. The fraction of sp³-hybridized carbons (Fsp3) is 0.143. The molecule has 0 heterocycles. The number of rotatable bonds is 5. The van der Waals surface area contributed by atoms with Crippen LogP contribution in [0.5, 0.6) is 0 Å². The van der Waals surface area contributed by atoms with Gasteiger partial charge in [0.05, 0.1) is 15.5 Å². The van der Waals surface area contributed by atoms with Crippen molar-refractivity contribution in [1.82, 2.24) is 5.32 Å².